The standard InChI is InChI=1S/C20H18BrF5N2O4S2/c1-28(13-14-3-5-15(31-2)6-4-14)33(29,30)17-11-19(21)20(27-12-17)32-16-7-9-18(10-8-16)34(22,23,24,25)26/h3-12H,13H2,1-2H3. The number of ether oxygens (including phenoxy) is 2. The van der Waals surface area contributed by atoms with Crippen molar-refractivity contribution in [1.82, 2.24) is 9.29 Å². The van der Waals surface area contributed by atoms with Gasteiger partial charge in [-0.15, -0.1) is 0 Å². The van der Waals surface area contributed by atoms with Crippen molar-refractivity contribution < 1.29 is 37.3 Å². The van der Waals surface area contributed by atoms with Gasteiger partial charge in [-0.25, -0.2) is 13.4 Å². The number of hydrogen-bond acceptors (Lipinski definition) is 5. The molecule has 3 rings (SSSR count). The molecule has 0 saturated heterocycles. The van der Waals surface area contributed by atoms with Crippen LogP contribution in [0.4, 0.5) is 19.4 Å². The maximum atomic E-state index is 12.9. The maximum absolute atomic E-state index is 12.9. The quantitative estimate of drug-likeness (QED) is 0.262. The summed E-state index contributed by atoms with van der Waals surface area (Å²) >= 11 is 3.11. The second-order valence-electron chi connectivity index (χ2n) is 7.11. The molecule has 34 heavy (non-hydrogen) atoms. The van der Waals surface area contributed by atoms with Crippen LogP contribution in [0.3, 0.4) is 0 Å². The van der Waals surface area contributed by atoms with Gasteiger partial charge in [0.2, 0.25) is 15.9 Å². The van der Waals surface area contributed by atoms with E-state index < -0.39 is 25.1 Å². The van der Waals surface area contributed by atoms with Crippen LogP contribution in [0.15, 0.2) is 75.1 Å². The molecule has 0 N–H and O–H groups in total. The highest BCUT2D eigenvalue weighted by Gasteiger charge is 2.65. The largest absolute Gasteiger partial charge is 0.497 e. The number of pyridine rings is 1. The smallest absolute Gasteiger partial charge is 0.310 e. The molecule has 0 radical (unpaired) electrons. The van der Waals surface area contributed by atoms with E-state index in [9.17, 15) is 27.8 Å². The van der Waals surface area contributed by atoms with Crippen LogP contribution in [0.25, 0.3) is 0 Å². The van der Waals surface area contributed by atoms with Gasteiger partial charge in [0, 0.05) is 13.6 Å². The van der Waals surface area contributed by atoms with Crippen LogP contribution < -0.4 is 9.47 Å². The average molecular weight is 589 g/mol. The van der Waals surface area contributed by atoms with Crippen LogP contribution in [0.1, 0.15) is 5.56 Å². The van der Waals surface area contributed by atoms with Gasteiger partial charge in [-0.2, -0.15) is 4.31 Å². The average Bonchev–Trinajstić information content (AvgIpc) is 2.74. The first-order valence-electron chi connectivity index (χ1n) is 9.26. The summed E-state index contributed by atoms with van der Waals surface area (Å²) in [5, 5.41) is 0. The van der Waals surface area contributed by atoms with Crippen LogP contribution in [0.2, 0.25) is 0 Å². The summed E-state index contributed by atoms with van der Waals surface area (Å²) in [5.74, 6) is 0.254. The molecule has 0 spiro atoms. The summed E-state index contributed by atoms with van der Waals surface area (Å²) in [6.45, 7) is 0.0701. The highest BCUT2D eigenvalue weighted by Crippen LogP contribution is 3.02. The molecule has 14 heteroatoms. The minimum absolute atomic E-state index is 0.0701. The Kier molecular flexibility index (Phi) is 6.44. The lowest BCUT2D eigenvalue weighted by Crippen LogP contribution is -2.26. The maximum Gasteiger partial charge on any atom is 0.310 e. The van der Waals surface area contributed by atoms with E-state index in [0.29, 0.717) is 23.4 Å². The lowest BCUT2D eigenvalue weighted by molar-refractivity contribution is 0.363. The third-order valence-electron chi connectivity index (χ3n) is 4.54. The van der Waals surface area contributed by atoms with Gasteiger partial charge in [0.25, 0.3) is 0 Å². The molecule has 0 aliphatic heterocycles. The number of nitrogens with zero attached hydrogens (tertiary/aromatic N) is 2. The summed E-state index contributed by atoms with van der Waals surface area (Å²) in [6, 6.07) is 9.90. The van der Waals surface area contributed by atoms with E-state index in [-0.39, 0.29) is 39.7 Å². The van der Waals surface area contributed by atoms with Crippen molar-refractivity contribution in [3.05, 3.63) is 70.8 Å². The van der Waals surface area contributed by atoms with E-state index in [1.165, 1.54) is 20.2 Å². The van der Waals surface area contributed by atoms with Gasteiger partial charge in [-0.3, -0.25) is 0 Å². The first-order chi connectivity index (χ1) is 15.5. The van der Waals surface area contributed by atoms with Crippen molar-refractivity contribution in [2.24, 2.45) is 0 Å². The Morgan fingerprint density at radius 2 is 1.53 bits per heavy atom. The predicted molar refractivity (Wildman–Crippen MR) is 121 cm³/mol. The van der Waals surface area contributed by atoms with Crippen LogP contribution in [-0.2, 0) is 16.6 Å². The lowest BCUT2D eigenvalue weighted by atomic mass is 10.2. The van der Waals surface area contributed by atoms with Gasteiger partial charge in [0.05, 0.1) is 17.8 Å². The summed E-state index contributed by atoms with van der Waals surface area (Å²) in [6.07, 6.45) is 1.02. The summed E-state index contributed by atoms with van der Waals surface area (Å²) in [5.41, 5.74) is 0.717. The number of halogens is 6. The molecular formula is C20H18BrF5N2O4S2. The Morgan fingerprint density at radius 3 is 2.03 bits per heavy atom. The molecule has 0 aliphatic rings. The molecular weight excluding hydrogens is 571 g/mol. The van der Waals surface area contributed by atoms with Gasteiger partial charge < -0.3 is 9.47 Å². The molecule has 3 aromatic rings. The Bertz CT molecular complexity index is 1310. The third-order valence-corrected chi connectivity index (χ3v) is 8.04. The number of hydrogen-bond donors (Lipinski definition) is 0. The van der Waals surface area contributed by atoms with Crippen molar-refractivity contribution in [3.63, 3.8) is 0 Å². The fraction of sp³-hybridized carbons (Fsp3) is 0.150. The van der Waals surface area contributed by atoms with E-state index in [0.717, 1.165) is 10.5 Å². The van der Waals surface area contributed by atoms with Crippen LogP contribution in [-0.4, -0.2) is 31.9 Å². The Morgan fingerprint density at radius 1 is 0.971 bits per heavy atom. The summed E-state index contributed by atoms with van der Waals surface area (Å²) < 4.78 is 102. The number of rotatable bonds is 8. The van der Waals surface area contributed by atoms with Crippen LogP contribution >= 0.6 is 26.2 Å². The third kappa shape index (κ3) is 6.17. The Labute approximate surface area is 201 Å². The van der Waals surface area contributed by atoms with Crippen LogP contribution in [0, 0.1) is 0 Å². The summed E-state index contributed by atoms with van der Waals surface area (Å²) in [7, 11) is -10.8. The molecule has 0 saturated carbocycles. The highest BCUT2D eigenvalue weighted by atomic mass is 79.9. The molecule has 0 bridgehead atoms. The van der Waals surface area contributed by atoms with Gasteiger partial charge in [-0.05, 0) is 64.0 Å². The molecule has 186 valence electrons. The minimum Gasteiger partial charge on any atom is -0.497 e. The Hall–Kier alpha value is -2.42. The summed E-state index contributed by atoms with van der Waals surface area (Å²) in [4.78, 5) is 1.67. The number of methoxy groups -OCH3 is 1. The number of aromatic nitrogens is 1. The van der Waals surface area contributed by atoms with E-state index in [1.807, 2.05) is 0 Å². The molecule has 0 aliphatic carbocycles. The zero-order valence-corrected chi connectivity index (χ0v) is 20.8. The van der Waals surface area contributed by atoms with Gasteiger partial charge in [0.15, 0.2) is 0 Å². The first kappa shape index (κ1) is 26.2. The Balaban J connectivity index is 1.77. The van der Waals surface area contributed by atoms with Gasteiger partial charge in [-0.1, -0.05) is 31.6 Å². The van der Waals surface area contributed by atoms with E-state index in [4.69, 9.17) is 9.47 Å². The molecule has 2 aromatic carbocycles. The highest BCUT2D eigenvalue weighted by molar-refractivity contribution is 9.10. The van der Waals surface area contributed by atoms with E-state index >= 15 is 0 Å². The SMILES string of the molecule is COc1ccc(CN(C)S(=O)(=O)c2cnc(Oc3ccc(S(F)(F)(F)(F)F)cc3)c(Br)c2)cc1. The van der Waals surface area contributed by atoms with Crippen molar-refractivity contribution in [1.29, 1.82) is 0 Å². The van der Waals surface area contributed by atoms with Crippen molar-refractivity contribution in [2.75, 3.05) is 14.2 Å². The topological polar surface area (TPSA) is 68.7 Å². The van der Waals surface area contributed by atoms with E-state index in [2.05, 4.69) is 20.9 Å². The molecule has 0 unspecified atom stereocenters. The van der Waals surface area contributed by atoms with Crippen molar-refractivity contribution in [2.45, 2.75) is 16.3 Å². The van der Waals surface area contributed by atoms with Gasteiger partial charge in [0.1, 0.15) is 21.3 Å². The van der Waals surface area contributed by atoms with Crippen molar-refractivity contribution >= 4 is 36.2 Å². The zero-order valence-electron chi connectivity index (χ0n) is 17.6. The number of benzene rings is 2. The fourth-order valence-electron chi connectivity index (χ4n) is 2.75. The molecule has 0 amide bonds. The monoisotopic (exact) mass is 588 g/mol. The first-order valence-corrected chi connectivity index (χ1v) is 13.4. The second-order valence-corrected chi connectivity index (χ2v) is 12.4. The van der Waals surface area contributed by atoms with Crippen molar-refractivity contribution in [3.8, 4) is 17.4 Å². The molecule has 1 aromatic heterocycles. The molecule has 1 heterocycles. The lowest BCUT2D eigenvalue weighted by Gasteiger charge is -2.40. The molecule has 0 fully saturated rings. The minimum atomic E-state index is -9.80. The van der Waals surface area contributed by atoms with Crippen LogP contribution in [0.5, 0.6) is 17.4 Å². The predicted octanol–water partition coefficient (Wildman–Crippen LogP) is 7.12. The number of sulfonamides is 1. The zero-order chi connectivity index (χ0) is 25.4. The van der Waals surface area contributed by atoms with Gasteiger partial charge >= 0.3 is 10.2 Å². The molecule has 0 atom stereocenters. The molecule has 6 nitrogen and oxygen atoms in total. The van der Waals surface area contributed by atoms with E-state index in [1.54, 1.807) is 24.3 Å². The normalized spacial score (nSPS) is 14.4. The fourth-order valence-corrected chi connectivity index (χ4v) is 5.12. The second kappa shape index (κ2) is 8.36.